The molecular formula is C10H10BrN3O4. The predicted molar refractivity (Wildman–Crippen MR) is 63.6 cm³/mol. The van der Waals surface area contributed by atoms with E-state index >= 15 is 0 Å². The minimum Gasteiger partial charge on any atom is -0.480 e. The number of halogens is 1. The molecule has 0 aliphatic carbocycles. The Kier molecular flexibility index (Phi) is 3.78. The maximum Gasteiger partial charge on any atom is 0.320 e. The van der Waals surface area contributed by atoms with E-state index in [1.54, 1.807) is 12.1 Å². The maximum absolute atomic E-state index is 10.6. The summed E-state index contributed by atoms with van der Waals surface area (Å²) in [5.41, 5.74) is 0. The zero-order valence-electron chi connectivity index (χ0n) is 9.38. The summed E-state index contributed by atoms with van der Waals surface area (Å²) >= 11 is 3.17. The molecule has 2 heterocycles. The van der Waals surface area contributed by atoms with Crippen LogP contribution >= 0.6 is 15.9 Å². The Labute approximate surface area is 110 Å². The first-order valence-corrected chi connectivity index (χ1v) is 5.90. The van der Waals surface area contributed by atoms with Gasteiger partial charge in [-0.2, -0.15) is 0 Å². The molecule has 0 saturated carbocycles. The van der Waals surface area contributed by atoms with Crippen molar-refractivity contribution in [1.82, 2.24) is 15.5 Å². The second-order valence-corrected chi connectivity index (χ2v) is 4.33. The van der Waals surface area contributed by atoms with Crippen LogP contribution < -0.4 is 5.32 Å². The molecule has 1 unspecified atom stereocenters. The number of hydrogen-bond donors (Lipinski definition) is 2. The van der Waals surface area contributed by atoms with Crippen molar-refractivity contribution in [3.05, 3.63) is 22.7 Å². The lowest BCUT2D eigenvalue weighted by atomic mass is 10.3. The van der Waals surface area contributed by atoms with Crippen molar-refractivity contribution in [3.63, 3.8) is 0 Å². The Morgan fingerprint density at radius 2 is 2.28 bits per heavy atom. The fourth-order valence-electron chi connectivity index (χ4n) is 1.18. The van der Waals surface area contributed by atoms with E-state index in [0.717, 1.165) is 0 Å². The molecule has 18 heavy (non-hydrogen) atoms. The largest absolute Gasteiger partial charge is 0.480 e. The zero-order chi connectivity index (χ0) is 13.1. The summed E-state index contributed by atoms with van der Waals surface area (Å²) in [5.74, 6) is 0.0581. The van der Waals surface area contributed by atoms with Gasteiger partial charge in [-0.1, -0.05) is 0 Å². The topological polar surface area (TPSA) is 101 Å². The van der Waals surface area contributed by atoms with Crippen LogP contribution in [-0.4, -0.2) is 27.3 Å². The average Bonchev–Trinajstić information content (AvgIpc) is 2.94. The van der Waals surface area contributed by atoms with Crippen LogP contribution in [-0.2, 0) is 11.3 Å². The van der Waals surface area contributed by atoms with E-state index in [4.69, 9.17) is 13.9 Å². The monoisotopic (exact) mass is 315 g/mol. The van der Waals surface area contributed by atoms with Gasteiger partial charge in [0.25, 0.3) is 5.89 Å². The summed E-state index contributed by atoms with van der Waals surface area (Å²) in [4.78, 5) is 10.6. The van der Waals surface area contributed by atoms with E-state index < -0.39 is 12.0 Å². The van der Waals surface area contributed by atoms with Gasteiger partial charge in [0.2, 0.25) is 5.89 Å². The fourth-order valence-corrected chi connectivity index (χ4v) is 1.49. The van der Waals surface area contributed by atoms with Gasteiger partial charge in [0.15, 0.2) is 10.4 Å². The normalized spacial score (nSPS) is 12.6. The van der Waals surface area contributed by atoms with Crippen LogP contribution in [0.2, 0.25) is 0 Å². The molecule has 0 fully saturated rings. The maximum atomic E-state index is 10.6. The lowest BCUT2D eigenvalue weighted by molar-refractivity contribution is -0.139. The second kappa shape index (κ2) is 5.32. The number of carboxylic acid groups (broad SMARTS) is 1. The van der Waals surface area contributed by atoms with Crippen LogP contribution in [0.3, 0.4) is 0 Å². The standard InChI is InChI=1S/C10H10BrN3O4/c1-5(10(15)16)12-4-8-13-14-9(18-8)6-2-3-7(11)17-6/h2-3,5,12H,4H2,1H3,(H,15,16). The third-order valence-electron chi connectivity index (χ3n) is 2.18. The summed E-state index contributed by atoms with van der Waals surface area (Å²) in [7, 11) is 0. The molecule has 0 aromatic carbocycles. The van der Waals surface area contributed by atoms with E-state index in [9.17, 15) is 4.79 Å². The quantitative estimate of drug-likeness (QED) is 0.865. The number of aliphatic carboxylic acids is 1. The van der Waals surface area contributed by atoms with Crippen molar-refractivity contribution >= 4 is 21.9 Å². The molecule has 0 aliphatic heterocycles. The number of carbonyl (C=O) groups is 1. The second-order valence-electron chi connectivity index (χ2n) is 3.55. The Hall–Kier alpha value is -1.67. The first kappa shape index (κ1) is 12.8. The minimum absolute atomic E-state index is 0.183. The predicted octanol–water partition coefficient (Wildman–Crippen LogP) is 1.65. The van der Waals surface area contributed by atoms with Gasteiger partial charge >= 0.3 is 5.97 Å². The fraction of sp³-hybridized carbons (Fsp3) is 0.300. The lowest BCUT2D eigenvalue weighted by Gasteiger charge is -2.05. The van der Waals surface area contributed by atoms with Crippen molar-refractivity contribution in [2.75, 3.05) is 0 Å². The molecule has 1 atom stereocenters. The van der Waals surface area contributed by atoms with E-state index in [0.29, 0.717) is 16.3 Å². The molecule has 8 heteroatoms. The van der Waals surface area contributed by atoms with Crippen molar-refractivity contribution in [2.45, 2.75) is 19.5 Å². The van der Waals surface area contributed by atoms with Crippen LogP contribution in [0.15, 0.2) is 25.6 Å². The third-order valence-corrected chi connectivity index (χ3v) is 2.61. The first-order valence-electron chi connectivity index (χ1n) is 5.10. The molecule has 2 N–H and O–H groups in total. The van der Waals surface area contributed by atoms with Crippen LogP contribution in [0.25, 0.3) is 11.7 Å². The molecule has 0 saturated heterocycles. The van der Waals surface area contributed by atoms with Gasteiger partial charge in [0.05, 0.1) is 6.54 Å². The van der Waals surface area contributed by atoms with Gasteiger partial charge in [0.1, 0.15) is 6.04 Å². The molecule has 0 amide bonds. The van der Waals surface area contributed by atoms with Crippen LogP contribution in [0.1, 0.15) is 12.8 Å². The highest BCUT2D eigenvalue weighted by atomic mass is 79.9. The summed E-state index contributed by atoms with van der Waals surface area (Å²) in [6.45, 7) is 1.71. The Morgan fingerprint density at radius 1 is 1.50 bits per heavy atom. The first-order chi connectivity index (χ1) is 8.56. The summed E-state index contributed by atoms with van der Waals surface area (Å²) < 4.78 is 11.1. The number of rotatable bonds is 5. The summed E-state index contributed by atoms with van der Waals surface area (Å²) in [5, 5.41) is 19.0. The molecule has 0 aliphatic rings. The van der Waals surface area contributed by atoms with E-state index in [-0.39, 0.29) is 12.4 Å². The Balaban J connectivity index is 2.00. The van der Waals surface area contributed by atoms with Crippen molar-refractivity contribution < 1.29 is 18.7 Å². The summed E-state index contributed by atoms with van der Waals surface area (Å²) in [6, 6.07) is 2.72. The molecule has 0 spiro atoms. The van der Waals surface area contributed by atoms with E-state index in [1.807, 2.05) is 0 Å². The SMILES string of the molecule is CC(NCc1nnc(-c2ccc(Br)o2)o1)C(=O)O. The minimum atomic E-state index is -0.940. The number of nitrogens with zero attached hydrogens (tertiary/aromatic N) is 2. The van der Waals surface area contributed by atoms with Crippen LogP contribution in [0.5, 0.6) is 0 Å². The Morgan fingerprint density at radius 3 is 2.89 bits per heavy atom. The zero-order valence-corrected chi connectivity index (χ0v) is 11.0. The molecule has 7 nitrogen and oxygen atoms in total. The van der Waals surface area contributed by atoms with Gasteiger partial charge in [0, 0.05) is 0 Å². The van der Waals surface area contributed by atoms with Gasteiger partial charge in [-0.25, -0.2) is 0 Å². The van der Waals surface area contributed by atoms with E-state index in [2.05, 4.69) is 31.4 Å². The molecular weight excluding hydrogens is 306 g/mol. The number of nitrogens with one attached hydrogen (secondary N) is 1. The molecule has 0 bridgehead atoms. The summed E-state index contributed by atoms with van der Waals surface area (Å²) in [6.07, 6.45) is 0. The van der Waals surface area contributed by atoms with Gasteiger partial charge in [-0.05, 0) is 35.0 Å². The molecule has 2 aromatic heterocycles. The van der Waals surface area contributed by atoms with E-state index in [1.165, 1.54) is 6.92 Å². The van der Waals surface area contributed by atoms with Gasteiger partial charge < -0.3 is 13.9 Å². The smallest absolute Gasteiger partial charge is 0.320 e. The van der Waals surface area contributed by atoms with Gasteiger partial charge in [-0.15, -0.1) is 10.2 Å². The molecule has 2 aromatic rings. The molecule has 2 rings (SSSR count). The van der Waals surface area contributed by atoms with Gasteiger partial charge in [-0.3, -0.25) is 10.1 Å². The van der Waals surface area contributed by atoms with Crippen molar-refractivity contribution in [1.29, 1.82) is 0 Å². The van der Waals surface area contributed by atoms with Crippen LogP contribution in [0.4, 0.5) is 0 Å². The number of carboxylic acids is 1. The number of furan rings is 1. The highest BCUT2D eigenvalue weighted by molar-refractivity contribution is 9.10. The lowest BCUT2D eigenvalue weighted by Crippen LogP contribution is -2.33. The van der Waals surface area contributed by atoms with Crippen molar-refractivity contribution in [2.24, 2.45) is 0 Å². The molecule has 0 radical (unpaired) electrons. The molecule has 96 valence electrons. The number of aromatic nitrogens is 2. The number of hydrogen-bond acceptors (Lipinski definition) is 6. The highest BCUT2D eigenvalue weighted by Gasteiger charge is 2.14. The average molecular weight is 316 g/mol. The highest BCUT2D eigenvalue weighted by Crippen LogP contribution is 2.23. The Bertz CT molecular complexity index is 551. The van der Waals surface area contributed by atoms with Crippen molar-refractivity contribution in [3.8, 4) is 11.7 Å². The van der Waals surface area contributed by atoms with Crippen LogP contribution in [0, 0.1) is 0 Å². The third kappa shape index (κ3) is 2.96.